The van der Waals surface area contributed by atoms with Crippen molar-refractivity contribution in [2.24, 2.45) is 0 Å². The second kappa shape index (κ2) is 12.2. The molecule has 0 saturated heterocycles. The fourth-order valence-electron chi connectivity index (χ4n) is 4.73. The molecule has 0 saturated carbocycles. The van der Waals surface area contributed by atoms with Crippen LogP contribution in [0.2, 0.25) is 0 Å². The molecule has 44 heavy (non-hydrogen) atoms. The number of rotatable bonds is 9. The van der Waals surface area contributed by atoms with Crippen molar-refractivity contribution in [3.05, 3.63) is 130 Å². The van der Waals surface area contributed by atoms with E-state index in [1.165, 1.54) is 50.7 Å². The molecule has 2 aromatic heterocycles. The highest BCUT2D eigenvalue weighted by Crippen LogP contribution is 2.37. The van der Waals surface area contributed by atoms with E-state index >= 15 is 4.39 Å². The summed E-state index contributed by atoms with van der Waals surface area (Å²) in [6, 6.07) is 15.3. The number of pyridine rings is 2. The SMILES string of the molecule is [C-]#[N+]c1c(C(=C)C)cc(C(=O)Cc2ccc(Oc3ccnc4cc(OC)c(OC)cc34)c(F)c2)c(=O)n1-c1ccc(F)cc1. The third-order valence-corrected chi connectivity index (χ3v) is 6.91. The number of fused-ring (bicyclic) bond motifs is 1. The number of carbonyl (C=O) groups excluding carboxylic acids is 1. The normalized spacial score (nSPS) is 10.7. The average Bonchev–Trinajstić information content (AvgIpc) is 3.01. The quantitative estimate of drug-likeness (QED) is 0.130. The van der Waals surface area contributed by atoms with E-state index in [0.29, 0.717) is 44.9 Å². The van der Waals surface area contributed by atoms with Crippen LogP contribution in [-0.4, -0.2) is 29.6 Å². The molecule has 220 valence electrons. The number of methoxy groups -OCH3 is 2. The van der Waals surface area contributed by atoms with Crippen molar-refractivity contribution < 1.29 is 27.8 Å². The van der Waals surface area contributed by atoms with Gasteiger partial charge in [0.25, 0.3) is 0 Å². The van der Waals surface area contributed by atoms with Gasteiger partial charge in [0.05, 0.1) is 19.7 Å². The molecule has 0 bridgehead atoms. The Morgan fingerprint density at radius 1 is 0.932 bits per heavy atom. The lowest BCUT2D eigenvalue weighted by molar-refractivity contribution is 0.0991. The van der Waals surface area contributed by atoms with Gasteiger partial charge in [-0.05, 0) is 67.1 Å². The van der Waals surface area contributed by atoms with E-state index < -0.39 is 23.0 Å². The third kappa shape index (κ3) is 5.63. The van der Waals surface area contributed by atoms with Crippen molar-refractivity contribution in [2.75, 3.05) is 14.2 Å². The second-order valence-corrected chi connectivity index (χ2v) is 9.80. The lowest BCUT2D eigenvalue weighted by Crippen LogP contribution is -2.27. The van der Waals surface area contributed by atoms with Crippen molar-refractivity contribution in [2.45, 2.75) is 13.3 Å². The van der Waals surface area contributed by atoms with Crippen LogP contribution in [0.1, 0.15) is 28.4 Å². The Kier molecular flexibility index (Phi) is 8.22. The summed E-state index contributed by atoms with van der Waals surface area (Å²) >= 11 is 0. The number of Topliss-reactive ketones (excluding diaryl/α,β-unsaturated/α-hetero) is 1. The van der Waals surface area contributed by atoms with Crippen LogP contribution in [0.25, 0.3) is 27.0 Å². The molecule has 10 heteroatoms. The van der Waals surface area contributed by atoms with E-state index in [4.69, 9.17) is 20.8 Å². The van der Waals surface area contributed by atoms with E-state index in [0.717, 1.165) is 22.8 Å². The molecule has 0 aliphatic rings. The Morgan fingerprint density at radius 2 is 1.64 bits per heavy atom. The topological polar surface area (TPSA) is 84.0 Å². The Bertz CT molecular complexity index is 2050. The second-order valence-electron chi connectivity index (χ2n) is 9.80. The summed E-state index contributed by atoms with van der Waals surface area (Å²) in [4.78, 5) is 34.8. The molecule has 3 aromatic carbocycles. The van der Waals surface area contributed by atoms with Crippen LogP contribution in [0.5, 0.6) is 23.0 Å². The first kappa shape index (κ1) is 29.7. The van der Waals surface area contributed by atoms with Crippen LogP contribution in [-0.2, 0) is 6.42 Å². The Hall–Kier alpha value is -5.82. The summed E-state index contributed by atoms with van der Waals surface area (Å²) in [7, 11) is 3.01. The van der Waals surface area contributed by atoms with Gasteiger partial charge in [-0.3, -0.25) is 9.78 Å². The number of allylic oxidation sites excluding steroid dienone is 1. The molecular weight excluding hydrogens is 568 g/mol. The third-order valence-electron chi connectivity index (χ3n) is 6.91. The van der Waals surface area contributed by atoms with Gasteiger partial charge < -0.3 is 19.1 Å². The van der Waals surface area contributed by atoms with E-state index in [1.54, 1.807) is 25.1 Å². The van der Waals surface area contributed by atoms with Gasteiger partial charge in [0.1, 0.15) is 22.8 Å². The fourth-order valence-corrected chi connectivity index (χ4v) is 4.73. The van der Waals surface area contributed by atoms with Crippen LogP contribution in [0.3, 0.4) is 0 Å². The van der Waals surface area contributed by atoms with Crippen LogP contribution in [0.4, 0.5) is 14.6 Å². The van der Waals surface area contributed by atoms with Gasteiger partial charge in [-0.15, -0.1) is 0 Å². The molecule has 5 aromatic rings. The number of hydrogen-bond donors (Lipinski definition) is 0. The first-order valence-corrected chi connectivity index (χ1v) is 13.2. The standard InChI is InChI=1S/C34H25F2N3O5/c1-19(2)23-16-25(34(41)39(33(23)37-3)22-9-7-21(35)8-10-22)28(40)15-20-6-11-30(26(36)14-20)44-29-12-13-38-27-18-32(43-5)31(42-4)17-24(27)29/h6-14,16-18H,1,15H2,2,4-5H3. The number of halogens is 2. The number of benzene rings is 3. The number of aromatic nitrogens is 2. The van der Waals surface area contributed by atoms with Crippen molar-refractivity contribution >= 4 is 28.1 Å². The largest absolute Gasteiger partial charge is 0.493 e. The maximum Gasteiger partial charge on any atom is 0.334 e. The molecule has 0 atom stereocenters. The van der Waals surface area contributed by atoms with Crippen LogP contribution >= 0.6 is 0 Å². The van der Waals surface area contributed by atoms with Gasteiger partial charge >= 0.3 is 5.56 Å². The van der Waals surface area contributed by atoms with E-state index in [9.17, 15) is 14.0 Å². The van der Waals surface area contributed by atoms with E-state index in [1.807, 2.05) is 0 Å². The van der Waals surface area contributed by atoms with Crippen molar-refractivity contribution in [1.29, 1.82) is 0 Å². The molecular formula is C34H25F2N3O5. The molecule has 5 rings (SSSR count). The number of nitrogens with zero attached hydrogens (tertiary/aromatic N) is 3. The maximum absolute atomic E-state index is 15.3. The zero-order valence-corrected chi connectivity index (χ0v) is 24.0. The monoisotopic (exact) mass is 593 g/mol. The lowest BCUT2D eigenvalue weighted by Gasteiger charge is -2.14. The summed E-state index contributed by atoms with van der Waals surface area (Å²) in [5, 5.41) is 0.567. The fraction of sp³-hybridized carbons (Fsp3) is 0.118. The highest BCUT2D eigenvalue weighted by atomic mass is 19.1. The van der Waals surface area contributed by atoms with Gasteiger partial charge in [0, 0.05) is 29.6 Å². The number of carbonyl (C=O) groups is 1. The number of ether oxygens (including phenoxy) is 3. The molecule has 0 radical (unpaired) electrons. The zero-order chi connectivity index (χ0) is 31.5. The summed E-state index contributed by atoms with van der Waals surface area (Å²) in [5.74, 6) is -0.740. The Balaban J connectivity index is 1.47. The van der Waals surface area contributed by atoms with Crippen molar-refractivity contribution in [3.63, 3.8) is 0 Å². The minimum Gasteiger partial charge on any atom is -0.493 e. The molecule has 0 amide bonds. The van der Waals surface area contributed by atoms with Crippen LogP contribution in [0.15, 0.2) is 84.3 Å². The molecule has 2 heterocycles. The average molecular weight is 594 g/mol. The summed E-state index contributed by atoms with van der Waals surface area (Å²) in [6.45, 7) is 13.2. The molecule has 8 nitrogen and oxygen atoms in total. The Labute approximate surface area is 251 Å². The lowest BCUT2D eigenvalue weighted by atomic mass is 10.00. The molecule has 0 unspecified atom stereocenters. The highest BCUT2D eigenvalue weighted by molar-refractivity contribution is 5.98. The smallest absolute Gasteiger partial charge is 0.334 e. The van der Waals surface area contributed by atoms with Crippen LogP contribution in [0, 0.1) is 18.2 Å². The molecule has 0 fully saturated rings. The summed E-state index contributed by atoms with van der Waals surface area (Å²) in [5.41, 5.74) is 0.834. The van der Waals surface area contributed by atoms with Gasteiger partial charge in [-0.1, -0.05) is 24.8 Å². The summed E-state index contributed by atoms with van der Waals surface area (Å²) < 4.78 is 46.5. The van der Waals surface area contributed by atoms with Crippen LogP contribution < -0.4 is 19.8 Å². The molecule has 0 aliphatic heterocycles. The number of ketones is 1. The van der Waals surface area contributed by atoms with Gasteiger partial charge in [-0.2, -0.15) is 0 Å². The Morgan fingerprint density at radius 3 is 2.27 bits per heavy atom. The number of hydrogen-bond acceptors (Lipinski definition) is 6. The van der Waals surface area contributed by atoms with E-state index in [2.05, 4.69) is 16.4 Å². The first-order valence-electron chi connectivity index (χ1n) is 13.2. The van der Waals surface area contributed by atoms with E-state index in [-0.39, 0.29) is 29.2 Å². The summed E-state index contributed by atoms with van der Waals surface area (Å²) in [6.07, 6.45) is 1.21. The highest BCUT2D eigenvalue weighted by Gasteiger charge is 2.23. The molecule has 0 aliphatic carbocycles. The zero-order valence-electron chi connectivity index (χ0n) is 24.0. The predicted octanol–water partition coefficient (Wildman–Crippen LogP) is 7.48. The van der Waals surface area contributed by atoms with Crippen molar-refractivity contribution in [1.82, 2.24) is 9.55 Å². The van der Waals surface area contributed by atoms with Crippen molar-refractivity contribution in [3.8, 4) is 28.7 Å². The minimum atomic E-state index is -0.755. The molecule has 0 N–H and O–H groups in total. The molecule has 0 spiro atoms. The predicted molar refractivity (Wildman–Crippen MR) is 162 cm³/mol. The first-order chi connectivity index (χ1) is 21.1. The van der Waals surface area contributed by atoms with Gasteiger partial charge in [0.2, 0.25) is 5.82 Å². The minimum absolute atomic E-state index is 0.0575. The maximum atomic E-state index is 15.3. The van der Waals surface area contributed by atoms with Gasteiger partial charge in [0.15, 0.2) is 28.8 Å². The van der Waals surface area contributed by atoms with Gasteiger partial charge in [-0.25, -0.2) is 18.1 Å².